The summed E-state index contributed by atoms with van der Waals surface area (Å²) in [4.78, 5) is 21.9. The van der Waals surface area contributed by atoms with Crippen LogP contribution >= 0.6 is 0 Å². The Morgan fingerprint density at radius 3 is 2.35 bits per heavy atom. The molecule has 0 spiro atoms. The molecule has 0 aliphatic carbocycles. The van der Waals surface area contributed by atoms with Gasteiger partial charge in [-0.05, 0) is 36.6 Å². The van der Waals surface area contributed by atoms with Gasteiger partial charge in [0.05, 0.1) is 17.7 Å². The monoisotopic (exact) mass is 238 g/mol. The van der Waals surface area contributed by atoms with E-state index >= 15 is 0 Å². The van der Waals surface area contributed by atoms with Gasteiger partial charge in [-0.25, -0.2) is 9.59 Å². The standard InChI is InChI=1S/C12H14O5/c1-7-8(3-4-17-2)5-9(11(13)14)6-10(7)12(15)16/h5-6H,3-4H2,1-2H3,(H,13,14)(H,15,16). The Bertz CT molecular complexity index is 450. The van der Waals surface area contributed by atoms with E-state index in [-0.39, 0.29) is 11.1 Å². The molecular formula is C12H14O5. The number of ether oxygens (including phenoxy) is 1. The van der Waals surface area contributed by atoms with Crippen LogP contribution in [-0.2, 0) is 11.2 Å². The Morgan fingerprint density at radius 1 is 1.24 bits per heavy atom. The Hall–Kier alpha value is -1.88. The Labute approximate surface area is 98.6 Å². The molecule has 0 saturated carbocycles. The SMILES string of the molecule is COCCc1cc(C(=O)O)cc(C(=O)O)c1C. The summed E-state index contributed by atoms with van der Waals surface area (Å²) in [5.74, 6) is -2.25. The van der Waals surface area contributed by atoms with Crippen molar-refractivity contribution < 1.29 is 24.5 Å². The van der Waals surface area contributed by atoms with Crippen LogP contribution in [0.15, 0.2) is 12.1 Å². The number of aromatic carboxylic acids is 2. The van der Waals surface area contributed by atoms with Gasteiger partial charge in [-0.1, -0.05) is 0 Å². The number of hydrogen-bond acceptors (Lipinski definition) is 3. The smallest absolute Gasteiger partial charge is 0.335 e. The van der Waals surface area contributed by atoms with Crippen LogP contribution in [0.25, 0.3) is 0 Å². The molecule has 0 fully saturated rings. The first kappa shape index (κ1) is 13.2. The van der Waals surface area contributed by atoms with E-state index in [0.29, 0.717) is 24.2 Å². The molecule has 0 heterocycles. The van der Waals surface area contributed by atoms with Gasteiger partial charge in [-0.2, -0.15) is 0 Å². The lowest BCUT2D eigenvalue weighted by molar-refractivity contribution is 0.0695. The van der Waals surface area contributed by atoms with Crippen molar-refractivity contribution in [3.8, 4) is 0 Å². The summed E-state index contributed by atoms with van der Waals surface area (Å²) in [5, 5.41) is 17.9. The molecule has 0 radical (unpaired) electrons. The lowest BCUT2D eigenvalue weighted by atomic mass is 9.97. The molecule has 0 bridgehead atoms. The summed E-state index contributed by atoms with van der Waals surface area (Å²) in [7, 11) is 1.54. The summed E-state index contributed by atoms with van der Waals surface area (Å²) in [6, 6.07) is 2.67. The highest BCUT2D eigenvalue weighted by molar-refractivity contribution is 5.95. The van der Waals surface area contributed by atoms with E-state index in [1.165, 1.54) is 19.2 Å². The molecule has 0 aliphatic heterocycles. The second kappa shape index (κ2) is 5.45. The highest BCUT2D eigenvalue weighted by Gasteiger charge is 2.15. The molecule has 0 atom stereocenters. The normalized spacial score (nSPS) is 10.2. The minimum Gasteiger partial charge on any atom is -0.478 e. The first-order valence-electron chi connectivity index (χ1n) is 5.06. The second-order valence-electron chi connectivity index (χ2n) is 3.66. The number of carboxylic acid groups (broad SMARTS) is 2. The minimum absolute atomic E-state index is 0.0147. The number of benzene rings is 1. The van der Waals surface area contributed by atoms with Crippen LogP contribution in [0.5, 0.6) is 0 Å². The van der Waals surface area contributed by atoms with Crippen molar-refractivity contribution in [1.29, 1.82) is 0 Å². The number of rotatable bonds is 5. The zero-order chi connectivity index (χ0) is 13.0. The van der Waals surface area contributed by atoms with Crippen molar-refractivity contribution in [1.82, 2.24) is 0 Å². The highest BCUT2D eigenvalue weighted by Crippen LogP contribution is 2.18. The maximum absolute atomic E-state index is 11.0. The van der Waals surface area contributed by atoms with Crippen molar-refractivity contribution in [3.63, 3.8) is 0 Å². The second-order valence-corrected chi connectivity index (χ2v) is 3.66. The third-order valence-corrected chi connectivity index (χ3v) is 2.57. The largest absolute Gasteiger partial charge is 0.478 e. The fourth-order valence-corrected chi connectivity index (χ4v) is 1.59. The fraction of sp³-hybridized carbons (Fsp3) is 0.333. The molecule has 1 rings (SSSR count). The maximum atomic E-state index is 11.0. The van der Waals surface area contributed by atoms with Crippen molar-refractivity contribution in [3.05, 3.63) is 34.4 Å². The van der Waals surface area contributed by atoms with Crippen LogP contribution in [0.2, 0.25) is 0 Å². The minimum atomic E-state index is -1.13. The average molecular weight is 238 g/mol. The quantitative estimate of drug-likeness (QED) is 0.813. The van der Waals surface area contributed by atoms with Gasteiger partial charge < -0.3 is 14.9 Å². The van der Waals surface area contributed by atoms with Crippen LogP contribution in [0.4, 0.5) is 0 Å². The topological polar surface area (TPSA) is 83.8 Å². The Kier molecular flexibility index (Phi) is 4.23. The predicted molar refractivity (Wildman–Crippen MR) is 60.7 cm³/mol. The van der Waals surface area contributed by atoms with Crippen LogP contribution in [0.3, 0.4) is 0 Å². The summed E-state index contributed by atoms with van der Waals surface area (Å²) in [5.41, 5.74) is 1.28. The van der Waals surface area contributed by atoms with Crippen LogP contribution < -0.4 is 0 Å². The number of hydrogen-bond donors (Lipinski definition) is 2. The van der Waals surface area contributed by atoms with Crippen LogP contribution in [-0.4, -0.2) is 35.9 Å². The number of methoxy groups -OCH3 is 1. The van der Waals surface area contributed by atoms with Crippen molar-refractivity contribution in [2.24, 2.45) is 0 Å². The fourth-order valence-electron chi connectivity index (χ4n) is 1.59. The van der Waals surface area contributed by atoms with Gasteiger partial charge in [-0.3, -0.25) is 0 Å². The van der Waals surface area contributed by atoms with E-state index in [1.54, 1.807) is 6.92 Å². The Balaban J connectivity index is 3.27. The van der Waals surface area contributed by atoms with Gasteiger partial charge in [0.25, 0.3) is 0 Å². The summed E-state index contributed by atoms with van der Waals surface area (Å²) in [6.07, 6.45) is 0.490. The molecule has 17 heavy (non-hydrogen) atoms. The third-order valence-electron chi connectivity index (χ3n) is 2.57. The van der Waals surface area contributed by atoms with E-state index in [4.69, 9.17) is 14.9 Å². The molecule has 92 valence electrons. The summed E-state index contributed by atoms with van der Waals surface area (Å²) < 4.78 is 4.91. The lowest BCUT2D eigenvalue weighted by Gasteiger charge is -2.10. The van der Waals surface area contributed by atoms with E-state index < -0.39 is 11.9 Å². The van der Waals surface area contributed by atoms with Gasteiger partial charge in [0.1, 0.15) is 0 Å². The molecule has 1 aromatic rings. The average Bonchev–Trinajstić information content (AvgIpc) is 2.26. The molecular weight excluding hydrogens is 224 g/mol. The molecule has 0 amide bonds. The molecule has 2 N–H and O–H groups in total. The molecule has 5 heteroatoms. The highest BCUT2D eigenvalue weighted by atomic mass is 16.5. The molecule has 0 unspecified atom stereocenters. The molecule has 0 aliphatic rings. The summed E-state index contributed by atoms with van der Waals surface area (Å²) in [6.45, 7) is 2.09. The van der Waals surface area contributed by atoms with Gasteiger partial charge in [0.2, 0.25) is 0 Å². The van der Waals surface area contributed by atoms with Crippen LogP contribution in [0, 0.1) is 6.92 Å². The van der Waals surface area contributed by atoms with E-state index in [2.05, 4.69) is 0 Å². The molecule has 0 saturated heterocycles. The number of carboxylic acids is 2. The summed E-state index contributed by atoms with van der Waals surface area (Å²) >= 11 is 0. The molecule has 1 aromatic carbocycles. The zero-order valence-corrected chi connectivity index (χ0v) is 9.69. The van der Waals surface area contributed by atoms with E-state index in [0.717, 1.165) is 0 Å². The van der Waals surface area contributed by atoms with Gasteiger partial charge in [0, 0.05) is 7.11 Å². The van der Waals surface area contributed by atoms with Gasteiger partial charge in [-0.15, -0.1) is 0 Å². The first-order chi connectivity index (χ1) is 7.97. The van der Waals surface area contributed by atoms with Gasteiger partial charge in [0.15, 0.2) is 0 Å². The molecule has 0 aromatic heterocycles. The van der Waals surface area contributed by atoms with Crippen molar-refractivity contribution in [2.75, 3.05) is 13.7 Å². The third kappa shape index (κ3) is 3.04. The van der Waals surface area contributed by atoms with Crippen molar-refractivity contribution >= 4 is 11.9 Å². The Morgan fingerprint density at radius 2 is 1.88 bits per heavy atom. The lowest BCUT2D eigenvalue weighted by Crippen LogP contribution is -2.09. The zero-order valence-electron chi connectivity index (χ0n) is 9.69. The van der Waals surface area contributed by atoms with E-state index in [1.807, 2.05) is 0 Å². The first-order valence-corrected chi connectivity index (χ1v) is 5.06. The maximum Gasteiger partial charge on any atom is 0.335 e. The predicted octanol–water partition coefficient (Wildman–Crippen LogP) is 1.58. The van der Waals surface area contributed by atoms with Crippen molar-refractivity contribution in [2.45, 2.75) is 13.3 Å². The van der Waals surface area contributed by atoms with Gasteiger partial charge >= 0.3 is 11.9 Å². The number of carbonyl (C=O) groups is 2. The molecule has 5 nitrogen and oxygen atoms in total. The van der Waals surface area contributed by atoms with Crippen LogP contribution in [0.1, 0.15) is 31.8 Å². The van der Waals surface area contributed by atoms with E-state index in [9.17, 15) is 9.59 Å².